The number of hydrogen-bond acceptors (Lipinski definition) is 9. The molecule has 1 saturated carbocycles. The summed E-state index contributed by atoms with van der Waals surface area (Å²) in [6.45, 7) is 6.08. The number of aliphatic carboxylic acids is 1. The predicted molar refractivity (Wildman–Crippen MR) is 196 cm³/mol. The third-order valence-electron chi connectivity index (χ3n) is 9.11. The summed E-state index contributed by atoms with van der Waals surface area (Å²) in [4.78, 5) is 91.9. The van der Waals surface area contributed by atoms with E-state index < -0.39 is 77.8 Å². The topological polar surface area (TPSA) is 218 Å². The number of ether oxygens (including phenoxy) is 2. The van der Waals surface area contributed by atoms with Crippen LogP contribution in [0.5, 0.6) is 11.5 Å². The smallest absolute Gasteiger partial charge is 0.408 e. The van der Waals surface area contributed by atoms with Crippen LogP contribution in [0.2, 0.25) is 0 Å². The number of ketones is 1. The van der Waals surface area contributed by atoms with Gasteiger partial charge >= 0.3 is 12.1 Å². The maximum atomic E-state index is 14.3. The summed E-state index contributed by atoms with van der Waals surface area (Å²) in [5, 5.41) is 21.9. The molecule has 1 aliphatic carbocycles. The van der Waals surface area contributed by atoms with Gasteiger partial charge < -0.3 is 41.2 Å². The first-order chi connectivity index (χ1) is 25.6. The van der Waals surface area contributed by atoms with Crippen molar-refractivity contribution >= 4 is 41.5 Å². The lowest BCUT2D eigenvalue weighted by molar-refractivity contribution is -0.143. The Morgan fingerprint density at radius 2 is 1.61 bits per heavy atom. The molecular weight excluding hydrogens is 698 g/mol. The summed E-state index contributed by atoms with van der Waals surface area (Å²) in [6.07, 6.45) is 3.57. The number of carboxylic acids is 1. The Morgan fingerprint density at radius 3 is 2.26 bits per heavy atom. The molecule has 1 fully saturated rings. The normalized spacial score (nSPS) is 20.2. The van der Waals surface area contributed by atoms with Gasteiger partial charge in [-0.3, -0.25) is 28.8 Å². The van der Waals surface area contributed by atoms with Crippen molar-refractivity contribution in [3.8, 4) is 11.5 Å². The minimum absolute atomic E-state index is 0.0554. The highest BCUT2D eigenvalue weighted by Gasteiger charge is 2.37. The van der Waals surface area contributed by atoms with E-state index in [0.717, 1.165) is 19.3 Å². The zero-order chi connectivity index (χ0) is 39.4. The molecule has 0 saturated heterocycles. The average Bonchev–Trinajstić information content (AvgIpc) is 3.11. The fraction of sp³-hybridized carbons (Fsp3) is 0.513. The van der Waals surface area contributed by atoms with Gasteiger partial charge in [0.05, 0.1) is 6.04 Å². The first-order valence-corrected chi connectivity index (χ1v) is 18.4. The maximum absolute atomic E-state index is 14.3. The fourth-order valence-corrected chi connectivity index (χ4v) is 6.52. The van der Waals surface area contributed by atoms with Crippen LogP contribution in [0.15, 0.2) is 48.5 Å². The third-order valence-corrected chi connectivity index (χ3v) is 9.11. The highest BCUT2D eigenvalue weighted by molar-refractivity contribution is 6.38. The Morgan fingerprint density at radius 1 is 0.907 bits per heavy atom. The fourth-order valence-electron chi connectivity index (χ4n) is 6.52. The molecule has 2 aliphatic heterocycles. The van der Waals surface area contributed by atoms with Crippen molar-refractivity contribution in [3.05, 3.63) is 59.7 Å². The molecule has 0 spiro atoms. The van der Waals surface area contributed by atoms with Crippen LogP contribution in [-0.2, 0) is 46.3 Å². The van der Waals surface area contributed by atoms with E-state index in [0.29, 0.717) is 41.9 Å². The zero-order valence-corrected chi connectivity index (χ0v) is 31.2. The highest BCUT2D eigenvalue weighted by atomic mass is 16.6. The summed E-state index contributed by atoms with van der Waals surface area (Å²) in [5.74, 6) is -4.90. The van der Waals surface area contributed by atoms with Crippen LogP contribution in [0, 0.1) is 5.92 Å². The molecule has 2 aromatic carbocycles. The molecule has 0 aromatic heterocycles. The van der Waals surface area contributed by atoms with Crippen LogP contribution >= 0.6 is 0 Å². The number of carbonyl (C=O) groups is 7. The van der Waals surface area contributed by atoms with Crippen LogP contribution < -0.4 is 31.3 Å². The van der Waals surface area contributed by atoms with Gasteiger partial charge in [-0.05, 0) is 81.3 Å². The van der Waals surface area contributed by atoms with E-state index in [-0.39, 0.29) is 25.2 Å². The van der Waals surface area contributed by atoms with Crippen LogP contribution in [0.4, 0.5) is 4.79 Å². The van der Waals surface area contributed by atoms with Gasteiger partial charge in [-0.1, -0.05) is 56.9 Å². The summed E-state index contributed by atoms with van der Waals surface area (Å²) in [7, 11) is 0. The van der Waals surface area contributed by atoms with Gasteiger partial charge in [0.1, 0.15) is 41.8 Å². The van der Waals surface area contributed by atoms with Crippen molar-refractivity contribution in [1.82, 2.24) is 26.6 Å². The molecule has 1 unspecified atom stereocenters. The molecule has 2 heterocycles. The number of nitrogens with one attached hydrogen (secondary N) is 5. The number of amides is 5. The standard InChI is InChI=1S/C39H51N5O10/c1-5-10-28(33(47)37(51)40-22-31(45)46)41-34(48)29-21-24-11-9-14-27(19-24)53-26-17-15-23(16-18-26)20-30(43-38(52)54-39(2,3)4)35(49)44-32(36(50)42-29)25-12-7-6-8-13-25/h9,11,14-19,25,28-30,32H,5-8,10,12-13,20-22H2,1-4H3,(H,40,51)(H,41,48)(H,42,50)(H,43,52)(H,44,49)(H,45,46)/t28?,29-,30+,32-/m0/s1. The van der Waals surface area contributed by atoms with E-state index in [4.69, 9.17) is 14.6 Å². The van der Waals surface area contributed by atoms with Crippen LogP contribution in [0.1, 0.15) is 83.8 Å². The second kappa shape index (κ2) is 19.0. The molecule has 3 aliphatic rings. The number of benzene rings is 2. The highest BCUT2D eigenvalue weighted by Crippen LogP contribution is 2.28. The Bertz CT molecular complexity index is 1680. The quantitative estimate of drug-likeness (QED) is 0.195. The van der Waals surface area contributed by atoms with Gasteiger partial charge in [0, 0.05) is 12.8 Å². The number of rotatable bonds is 10. The van der Waals surface area contributed by atoms with Crippen molar-refractivity contribution < 1.29 is 48.1 Å². The second-order valence-corrected chi connectivity index (χ2v) is 14.7. The molecule has 54 heavy (non-hydrogen) atoms. The Labute approximate surface area is 314 Å². The molecule has 6 N–H and O–H groups in total. The van der Waals surface area contributed by atoms with E-state index >= 15 is 0 Å². The van der Waals surface area contributed by atoms with Gasteiger partial charge in [-0.25, -0.2) is 4.79 Å². The molecule has 292 valence electrons. The van der Waals surface area contributed by atoms with Gasteiger partial charge in [0.2, 0.25) is 23.5 Å². The summed E-state index contributed by atoms with van der Waals surface area (Å²) in [6, 6.07) is 9.13. The molecular formula is C39H51N5O10. The largest absolute Gasteiger partial charge is 0.480 e. The Balaban J connectivity index is 1.72. The number of fused-ring (bicyclic) bond motifs is 10. The van der Waals surface area contributed by atoms with Gasteiger partial charge in [-0.15, -0.1) is 0 Å². The molecule has 5 amide bonds. The number of carbonyl (C=O) groups excluding carboxylic acids is 6. The Hall–Kier alpha value is -5.47. The lowest BCUT2D eigenvalue weighted by atomic mass is 9.83. The lowest BCUT2D eigenvalue weighted by Gasteiger charge is -2.33. The second-order valence-electron chi connectivity index (χ2n) is 14.7. The van der Waals surface area contributed by atoms with Crippen molar-refractivity contribution in [2.24, 2.45) is 5.92 Å². The summed E-state index contributed by atoms with van der Waals surface area (Å²) in [5.41, 5.74) is 0.474. The first-order valence-electron chi connectivity index (χ1n) is 18.4. The number of Topliss-reactive ketones (excluding diaryl/α,β-unsaturated/α-hetero) is 1. The molecule has 5 rings (SSSR count). The van der Waals surface area contributed by atoms with E-state index in [2.05, 4.69) is 21.3 Å². The minimum atomic E-state index is -1.34. The predicted octanol–water partition coefficient (Wildman–Crippen LogP) is 3.08. The van der Waals surface area contributed by atoms with Gasteiger partial charge in [0.15, 0.2) is 0 Å². The molecule has 15 heteroatoms. The van der Waals surface area contributed by atoms with Gasteiger partial charge in [0.25, 0.3) is 5.91 Å². The number of alkyl carbamates (subject to hydrolysis) is 1. The maximum Gasteiger partial charge on any atom is 0.408 e. The van der Waals surface area contributed by atoms with Crippen LogP contribution in [-0.4, -0.2) is 82.9 Å². The van der Waals surface area contributed by atoms with E-state index in [1.54, 1.807) is 76.2 Å². The number of hydrogen-bond donors (Lipinski definition) is 6. The van der Waals surface area contributed by atoms with E-state index in [1.807, 2.05) is 5.32 Å². The minimum Gasteiger partial charge on any atom is -0.480 e. The van der Waals surface area contributed by atoms with Crippen molar-refractivity contribution in [2.45, 2.75) is 115 Å². The SMILES string of the molecule is CCCC(NC(=O)[C@@H]1Cc2cccc(c2)Oc2ccc(cc2)C[C@@H](NC(=O)OC(C)(C)C)C(=O)N[C@@H](C2CCCCC2)C(=O)N1)C(=O)C(=O)NCC(=O)O. The monoisotopic (exact) mass is 749 g/mol. The van der Waals surface area contributed by atoms with Crippen molar-refractivity contribution in [2.75, 3.05) is 6.54 Å². The van der Waals surface area contributed by atoms with E-state index in [1.165, 1.54) is 0 Å². The molecule has 4 atom stereocenters. The van der Waals surface area contributed by atoms with Crippen LogP contribution in [0.25, 0.3) is 0 Å². The zero-order valence-electron chi connectivity index (χ0n) is 31.2. The Kier molecular flexibility index (Phi) is 14.6. The summed E-state index contributed by atoms with van der Waals surface area (Å²) >= 11 is 0. The average molecular weight is 750 g/mol. The first kappa shape index (κ1) is 41.3. The third kappa shape index (κ3) is 12.6. The molecule has 0 radical (unpaired) electrons. The molecule has 4 bridgehead atoms. The van der Waals surface area contributed by atoms with Crippen LogP contribution in [0.3, 0.4) is 0 Å². The summed E-state index contributed by atoms with van der Waals surface area (Å²) < 4.78 is 11.5. The van der Waals surface area contributed by atoms with E-state index in [9.17, 15) is 33.6 Å². The van der Waals surface area contributed by atoms with Crippen molar-refractivity contribution in [3.63, 3.8) is 0 Å². The van der Waals surface area contributed by atoms with Crippen molar-refractivity contribution in [1.29, 1.82) is 0 Å². The lowest BCUT2D eigenvalue weighted by Crippen LogP contribution is -2.60. The van der Waals surface area contributed by atoms with Gasteiger partial charge in [-0.2, -0.15) is 0 Å². The molecule has 15 nitrogen and oxygen atoms in total. The molecule has 2 aromatic rings. The number of carboxylic acid groups (broad SMARTS) is 1.